The van der Waals surface area contributed by atoms with Gasteiger partial charge in [0.2, 0.25) is 0 Å². The van der Waals surface area contributed by atoms with Crippen molar-refractivity contribution in [3.05, 3.63) is 86.6 Å². The summed E-state index contributed by atoms with van der Waals surface area (Å²) in [6.45, 7) is 3.56. The third-order valence-corrected chi connectivity index (χ3v) is 7.92. The minimum absolute atomic E-state index is 0.0883. The second-order valence-corrected chi connectivity index (χ2v) is 10.2. The third kappa shape index (κ3) is 3.61. The van der Waals surface area contributed by atoms with Gasteiger partial charge in [-0.15, -0.1) is 11.3 Å². The molecule has 33 heavy (non-hydrogen) atoms. The van der Waals surface area contributed by atoms with Crippen molar-refractivity contribution in [1.29, 1.82) is 0 Å². The molecule has 2 aliphatic heterocycles. The number of aryl methyl sites for hydroxylation is 1. The van der Waals surface area contributed by atoms with Crippen molar-refractivity contribution in [2.75, 3.05) is 18.4 Å². The molecule has 1 fully saturated rings. The standard InChI is InChI=1S/C26H26N4O2S/c1-28-14-19(20-5-2-3-6-23(20)28)16-29-12-17-11-18(15-29)22-9-8-21(26(32)30(22)13-17)27-25(31)24-7-4-10-33-24/h2-10,14,17-18H,11-13,15-16H2,1H3,(H,27,31)/t17-,18-/m1/s1. The Hall–Kier alpha value is -3.16. The molecule has 0 spiro atoms. The highest BCUT2D eigenvalue weighted by Gasteiger charge is 2.35. The van der Waals surface area contributed by atoms with Gasteiger partial charge in [0.05, 0.1) is 4.88 Å². The Morgan fingerprint density at radius 2 is 1.97 bits per heavy atom. The number of carbonyl (C=O) groups is 1. The van der Waals surface area contributed by atoms with E-state index < -0.39 is 0 Å². The molecule has 7 heteroatoms. The fraction of sp³-hybridized carbons (Fsp3) is 0.308. The molecule has 2 bridgehead atoms. The van der Waals surface area contributed by atoms with Crippen LogP contribution in [-0.2, 0) is 20.1 Å². The summed E-state index contributed by atoms with van der Waals surface area (Å²) in [4.78, 5) is 28.8. The minimum Gasteiger partial charge on any atom is -0.350 e. The lowest BCUT2D eigenvalue weighted by molar-refractivity contribution is 0.103. The van der Waals surface area contributed by atoms with Gasteiger partial charge in [-0.05, 0) is 47.5 Å². The topological polar surface area (TPSA) is 59.3 Å². The van der Waals surface area contributed by atoms with E-state index in [2.05, 4.69) is 52.3 Å². The predicted molar refractivity (Wildman–Crippen MR) is 132 cm³/mol. The number of para-hydroxylation sites is 1. The van der Waals surface area contributed by atoms with Crippen LogP contribution in [-0.4, -0.2) is 33.0 Å². The summed E-state index contributed by atoms with van der Waals surface area (Å²) in [6, 6.07) is 16.0. The number of rotatable bonds is 4. The number of nitrogens with zero attached hydrogens (tertiary/aromatic N) is 3. The van der Waals surface area contributed by atoms with E-state index in [1.165, 1.54) is 27.8 Å². The molecule has 1 aromatic carbocycles. The van der Waals surface area contributed by atoms with Gasteiger partial charge >= 0.3 is 0 Å². The van der Waals surface area contributed by atoms with Crippen LogP contribution in [0.15, 0.2) is 64.9 Å². The molecule has 3 aromatic heterocycles. The van der Waals surface area contributed by atoms with E-state index in [1.807, 2.05) is 22.1 Å². The summed E-state index contributed by atoms with van der Waals surface area (Å²) in [5.41, 5.74) is 3.99. The third-order valence-electron chi connectivity index (χ3n) is 7.05. The lowest BCUT2D eigenvalue weighted by atomic mass is 9.83. The maximum Gasteiger partial charge on any atom is 0.274 e. The average Bonchev–Trinajstić information content (AvgIpc) is 3.45. The summed E-state index contributed by atoms with van der Waals surface area (Å²) in [5.74, 6) is 0.550. The number of amides is 1. The highest BCUT2D eigenvalue weighted by molar-refractivity contribution is 7.12. The van der Waals surface area contributed by atoms with Crippen LogP contribution in [0.3, 0.4) is 0 Å². The van der Waals surface area contributed by atoms with Crippen LogP contribution in [0.25, 0.3) is 10.9 Å². The molecule has 1 amide bonds. The lowest BCUT2D eigenvalue weighted by Crippen LogP contribution is -2.47. The van der Waals surface area contributed by atoms with Gasteiger partial charge in [0, 0.05) is 61.9 Å². The Morgan fingerprint density at radius 1 is 1.09 bits per heavy atom. The normalized spacial score (nSPS) is 20.0. The summed E-state index contributed by atoms with van der Waals surface area (Å²) in [5, 5.41) is 5.99. The maximum atomic E-state index is 13.2. The molecule has 0 aliphatic carbocycles. The van der Waals surface area contributed by atoms with Gasteiger partial charge < -0.3 is 14.5 Å². The Labute approximate surface area is 196 Å². The quantitative estimate of drug-likeness (QED) is 0.497. The van der Waals surface area contributed by atoms with Crippen LogP contribution in [0.4, 0.5) is 5.69 Å². The first-order valence-corrected chi connectivity index (χ1v) is 12.3. The van der Waals surface area contributed by atoms with Crippen molar-refractivity contribution in [2.24, 2.45) is 13.0 Å². The van der Waals surface area contributed by atoms with E-state index in [0.717, 1.165) is 31.7 Å². The van der Waals surface area contributed by atoms with Crippen LogP contribution in [0.5, 0.6) is 0 Å². The number of hydrogen-bond donors (Lipinski definition) is 1. The number of hydrogen-bond acceptors (Lipinski definition) is 4. The van der Waals surface area contributed by atoms with Gasteiger partial charge in [0.25, 0.3) is 11.5 Å². The lowest BCUT2D eigenvalue weighted by Gasteiger charge is -2.43. The van der Waals surface area contributed by atoms with Crippen LogP contribution in [0, 0.1) is 5.92 Å². The predicted octanol–water partition coefficient (Wildman–Crippen LogP) is 4.27. The second kappa shape index (κ2) is 8.01. The Bertz CT molecular complexity index is 1400. The molecule has 5 heterocycles. The zero-order valence-corrected chi connectivity index (χ0v) is 19.3. The molecule has 0 saturated carbocycles. The molecule has 1 saturated heterocycles. The molecule has 168 valence electrons. The molecular formula is C26H26N4O2S. The largest absolute Gasteiger partial charge is 0.350 e. The van der Waals surface area contributed by atoms with Crippen molar-refractivity contribution in [3.63, 3.8) is 0 Å². The van der Waals surface area contributed by atoms with Gasteiger partial charge in [-0.3, -0.25) is 14.5 Å². The Kier molecular flexibility index (Phi) is 4.96. The van der Waals surface area contributed by atoms with Gasteiger partial charge in [-0.1, -0.05) is 24.3 Å². The van der Waals surface area contributed by atoms with Crippen LogP contribution in [0.1, 0.15) is 33.3 Å². The number of pyridine rings is 1. The van der Waals surface area contributed by atoms with Crippen molar-refractivity contribution in [1.82, 2.24) is 14.0 Å². The number of likely N-dealkylation sites (tertiary alicyclic amines) is 1. The molecule has 4 aromatic rings. The zero-order chi connectivity index (χ0) is 22.5. The van der Waals surface area contributed by atoms with E-state index in [-0.39, 0.29) is 11.5 Å². The monoisotopic (exact) mass is 458 g/mol. The minimum atomic E-state index is -0.222. The van der Waals surface area contributed by atoms with E-state index in [4.69, 9.17) is 0 Å². The molecule has 6 nitrogen and oxygen atoms in total. The maximum absolute atomic E-state index is 13.2. The fourth-order valence-corrected chi connectivity index (χ4v) is 6.27. The Balaban J connectivity index is 1.24. The van der Waals surface area contributed by atoms with Gasteiger partial charge in [0.1, 0.15) is 5.69 Å². The number of nitrogens with one attached hydrogen (secondary N) is 1. The number of aromatic nitrogens is 2. The molecule has 0 unspecified atom stereocenters. The number of carbonyl (C=O) groups excluding carboxylic acids is 1. The molecule has 2 aliphatic rings. The van der Waals surface area contributed by atoms with Crippen LogP contribution < -0.4 is 10.9 Å². The number of thiophene rings is 1. The van der Waals surface area contributed by atoms with Crippen molar-refractivity contribution in [3.8, 4) is 0 Å². The summed E-state index contributed by atoms with van der Waals surface area (Å²) in [6.07, 6.45) is 3.36. The number of benzene rings is 1. The molecular weight excluding hydrogens is 432 g/mol. The number of fused-ring (bicyclic) bond motifs is 5. The van der Waals surface area contributed by atoms with Crippen molar-refractivity contribution >= 4 is 33.8 Å². The highest BCUT2D eigenvalue weighted by atomic mass is 32.1. The summed E-state index contributed by atoms with van der Waals surface area (Å²) in [7, 11) is 2.11. The van der Waals surface area contributed by atoms with Crippen molar-refractivity contribution < 1.29 is 4.79 Å². The van der Waals surface area contributed by atoms with E-state index in [0.29, 0.717) is 28.9 Å². The molecule has 6 rings (SSSR count). The molecule has 2 atom stereocenters. The van der Waals surface area contributed by atoms with Gasteiger partial charge in [-0.2, -0.15) is 0 Å². The first-order valence-electron chi connectivity index (χ1n) is 11.4. The SMILES string of the molecule is Cn1cc(CN2C[C@H]3C[C@H](C2)c2ccc(NC(=O)c4cccs4)c(=O)n2C3)c2ccccc21. The number of piperidine rings is 1. The van der Waals surface area contributed by atoms with Gasteiger partial charge in [-0.25, -0.2) is 0 Å². The van der Waals surface area contributed by atoms with E-state index >= 15 is 0 Å². The smallest absolute Gasteiger partial charge is 0.274 e. The molecule has 1 N–H and O–H groups in total. The number of anilines is 1. The van der Waals surface area contributed by atoms with Crippen LogP contribution in [0.2, 0.25) is 0 Å². The second-order valence-electron chi connectivity index (χ2n) is 9.29. The Morgan fingerprint density at radius 3 is 2.82 bits per heavy atom. The summed E-state index contributed by atoms with van der Waals surface area (Å²) < 4.78 is 4.11. The van der Waals surface area contributed by atoms with Crippen LogP contribution >= 0.6 is 11.3 Å². The molecule has 0 radical (unpaired) electrons. The average molecular weight is 459 g/mol. The van der Waals surface area contributed by atoms with E-state index in [1.54, 1.807) is 12.1 Å². The first-order chi connectivity index (χ1) is 16.1. The van der Waals surface area contributed by atoms with E-state index in [9.17, 15) is 9.59 Å². The van der Waals surface area contributed by atoms with Gasteiger partial charge in [0.15, 0.2) is 0 Å². The first kappa shape index (κ1) is 20.4. The fourth-order valence-electron chi connectivity index (χ4n) is 5.65. The summed E-state index contributed by atoms with van der Waals surface area (Å²) >= 11 is 1.37. The zero-order valence-electron chi connectivity index (χ0n) is 18.5. The highest BCUT2D eigenvalue weighted by Crippen LogP contribution is 2.36. The van der Waals surface area contributed by atoms with Crippen molar-refractivity contribution in [2.45, 2.75) is 25.4 Å².